The lowest BCUT2D eigenvalue weighted by molar-refractivity contribution is -0.107. The average Bonchev–Trinajstić information content (AvgIpc) is 2.01. The van der Waals surface area contributed by atoms with Crippen molar-refractivity contribution in [2.45, 2.75) is 13.3 Å². The normalized spacial score (nSPS) is 9.92. The van der Waals surface area contributed by atoms with Crippen LogP contribution in [0, 0.1) is 18.6 Å². The van der Waals surface area contributed by atoms with Crippen molar-refractivity contribution in [2.24, 2.45) is 0 Å². The Morgan fingerprint density at radius 3 is 2.58 bits per heavy atom. The largest absolute Gasteiger partial charge is 0.303 e. The maximum atomic E-state index is 12.9. The topological polar surface area (TPSA) is 17.1 Å². The molecule has 64 valence electrons. The fourth-order valence-electron chi connectivity index (χ4n) is 0.934. The number of aldehydes is 1. The van der Waals surface area contributed by atoms with Gasteiger partial charge >= 0.3 is 0 Å². The van der Waals surface area contributed by atoms with Gasteiger partial charge in [0.05, 0.1) is 0 Å². The highest BCUT2D eigenvalue weighted by Crippen LogP contribution is 2.13. The van der Waals surface area contributed by atoms with E-state index in [0.717, 1.165) is 12.1 Å². The number of halogens is 2. The van der Waals surface area contributed by atoms with E-state index in [0.29, 0.717) is 6.29 Å². The summed E-state index contributed by atoms with van der Waals surface area (Å²) in [5, 5.41) is 0. The molecule has 1 nitrogen and oxygen atoms in total. The SMILES string of the molecule is Cc1cc(F)c(CC=O)cc1F. The molecule has 12 heavy (non-hydrogen) atoms. The Labute approximate surface area is 69.0 Å². The molecule has 0 amide bonds. The number of carbonyl (C=O) groups is 1. The first kappa shape index (κ1) is 8.84. The van der Waals surface area contributed by atoms with E-state index < -0.39 is 11.6 Å². The standard InChI is InChI=1S/C9H8F2O/c1-6-4-9(11)7(2-3-12)5-8(6)10/h3-5H,2H2,1H3. The van der Waals surface area contributed by atoms with Crippen LogP contribution < -0.4 is 0 Å². The minimum absolute atomic E-state index is 0.0803. The van der Waals surface area contributed by atoms with Crippen LogP contribution in [-0.4, -0.2) is 6.29 Å². The quantitative estimate of drug-likeness (QED) is 0.620. The minimum atomic E-state index is -0.527. The van der Waals surface area contributed by atoms with Crippen molar-refractivity contribution in [3.8, 4) is 0 Å². The van der Waals surface area contributed by atoms with Gasteiger partial charge in [0, 0.05) is 6.42 Å². The molecule has 0 heterocycles. The Balaban J connectivity index is 3.13. The predicted molar refractivity (Wildman–Crippen MR) is 40.9 cm³/mol. The first-order valence-electron chi connectivity index (χ1n) is 3.53. The molecule has 0 aromatic heterocycles. The summed E-state index contributed by atoms with van der Waals surface area (Å²) in [6, 6.07) is 2.15. The van der Waals surface area contributed by atoms with Gasteiger partial charge in [0.2, 0.25) is 0 Å². The van der Waals surface area contributed by atoms with Crippen LogP contribution in [0.25, 0.3) is 0 Å². The fourth-order valence-corrected chi connectivity index (χ4v) is 0.934. The molecule has 0 spiro atoms. The second-order valence-electron chi connectivity index (χ2n) is 2.56. The number of rotatable bonds is 2. The van der Waals surface area contributed by atoms with Crippen molar-refractivity contribution in [3.05, 3.63) is 34.9 Å². The molecule has 0 radical (unpaired) electrons. The van der Waals surface area contributed by atoms with Crippen LogP contribution >= 0.6 is 0 Å². The third-order valence-corrected chi connectivity index (χ3v) is 1.63. The summed E-state index contributed by atoms with van der Waals surface area (Å²) in [4.78, 5) is 10.0. The molecule has 0 fully saturated rings. The maximum Gasteiger partial charge on any atom is 0.127 e. The Morgan fingerprint density at radius 2 is 2.00 bits per heavy atom. The molecular formula is C9H8F2O. The highest BCUT2D eigenvalue weighted by Gasteiger charge is 2.05. The molecule has 1 aromatic carbocycles. The summed E-state index contributed by atoms with van der Waals surface area (Å²) in [5.41, 5.74) is 0.357. The van der Waals surface area contributed by atoms with Crippen LogP contribution in [0.5, 0.6) is 0 Å². The zero-order valence-corrected chi connectivity index (χ0v) is 6.60. The van der Waals surface area contributed by atoms with E-state index in [1.54, 1.807) is 0 Å². The smallest absolute Gasteiger partial charge is 0.127 e. The molecular weight excluding hydrogens is 162 g/mol. The van der Waals surface area contributed by atoms with Gasteiger partial charge in [-0.15, -0.1) is 0 Å². The Morgan fingerprint density at radius 1 is 1.33 bits per heavy atom. The zero-order chi connectivity index (χ0) is 9.14. The van der Waals surface area contributed by atoms with Crippen molar-refractivity contribution in [3.63, 3.8) is 0 Å². The van der Waals surface area contributed by atoms with Crippen molar-refractivity contribution in [1.82, 2.24) is 0 Å². The molecule has 0 aliphatic heterocycles. The highest BCUT2D eigenvalue weighted by molar-refractivity contribution is 5.55. The first-order chi connectivity index (χ1) is 5.65. The van der Waals surface area contributed by atoms with E-state index in [1.165, 1.54) is 6.92 Å². The van der Waals surface area contributed by atoms with Crippen molar-refractivity contribution >= 4 is 6.29 Å². The van der Waals surface area contributed by atoms with Gasteiger partial charge in [0.1, 0.15) is 17.9 Å². The predicted octanol–water partition coefficient (Wildman–Crippen LogP) is 2.01. The van der Waals surface area contributed by atoms with Crippen molar-refractivity contribution < 1.29 is 13.6 Å². The van der Waals surface area contributed by atoms with Gasteiger partial charge in [0.25, 0.3) is 0 Å². The third-order valence-electron chi connectivity index (χ3n) is 1.63. The molecule has 0 unspecified atom stereocenters. The molecule has 1 rings (SSSR count). The molecule has 0 N–H and O–H groups in total. The van der Waals surface area contributed by atoms with Crippen LogP contribution in [0.4, 0.5) is 8.78 Å². The number of hydrogen-bond donors (Lipinski definition) is 0. The van der Waals surface area contributed by atoms with Gasteiger partial charge in [0.15, 0.2) is 0 Å². The Kier molecular flexibility index (Phi) is 2.53. The zero-order valence-electron chi connectivity index (χ0n) is 6.60. The minimum Gasteiger partial charge on any atom is -0.303 e. The summed E-state index contributed by atoms with van der Waals surface area (Å²) >= 11 is 0. The molecule has 0 saturated heterocycles. The summed E-state index contributed by atoms with van der Waals surface area (Å²) in [7, 11) is 0. The van der Waals surface area contributed by atoms with Crippen LogP contribution in [0.3, 0.4) is 0 Å². The Hall–Kier alpha value is -1.25. The lowest BCUT2D eigenvalue weighted by Crippen LogP contribution is -1.95. The lowest BCUT2D eigenvalue weighted by Gasteiger charge is -2.01. The van der Waals surface area contributed by atoms with E-state index in [9.17, 15) is 13.6 Å². The molecule has 0 atom stereocenters. The van der Waals surface area contributed by atoms with Crippen molar-refractivity contribution in [1.29, 1.82) is 0 Å². The van der Waals surface area contributed by atoms with Crippen LogP contribution in [0.15, 0.2) is 12.1 Å². The molecule has 0 aliphatic carbocycles. The van der Waals surface area contributed by atoms with Gasteiger partial charge in [-0.1, -0.05) is 0 Å². The summed E-state index contributed by atoms with van der Waals surface area (Å²) in [6.45, 7) is 1.48. The summed E-state index contributed by atoms with van der Waals surface area (Å²) < 4.78 is 25.7. The second-order valence-corrected chi connectivity index (χ2v) is 2.56. The number of benzene rings is 1. The summed E-state index contributed by atoms with van der Waals surface area (Å²) in [5.74, 6) is -1.01. The van der Waals surface area contributed by atoms with E-state index >= 15 is 0 Å². The van der Waals surface area contributed by atoms with Crippen LogP contribution in [0.2, 0.25) is 0 Å². The molecule has 3 heteroatoms. The number of carbonyl (C=O) groups excluding carboxylic acids is 1. The molecule has 1 aromatic rings. The monoisotopic (exact) mass is 170 g/mol. The average molecular weight is 170 g/mol. The highest BCUT2D eigenvalue weighted by atomic mass is 19.1. The molecule has 0 aliphatic rings. The van der Waals surface area contributed by atoms with Gasteiger partial charge in [-0.3, -0.25) is 0 Å². The van der Waals surface area contributed by atoms with Gasteiger partial charge in [-0.25, -0.2) is 8.78 Å². The third kappa shape index (κ3) is 1.67. The van der Waals surface area contributed by atoms with E-state index in [4.69, 9.17) is 0 Å². The second kappa shape index (κ2) is 3.43. The van der Waals surface area contributed by atoms with Gasteiger partial charge < -0.3 is 4.79 Å². The summed E-state index contributed by atoms with van der Waals surface area (Å²) in [6.07, 6.45) is 0.468. The van der Waals surface area contributed by atoms with Gasteiger partial charge in [-0.2, -0.15) is 0 Å². The number of hydrogen-bond acceptors (Lipinski definition) is 1. The van der Waals surface area contributed by atoms with Crippen LogP contribution in [0.1, 0.15) is 11.1 Å². The van der Waals surface area contributed by atoms with Crippen molar-refractivity contribution in [2.75, 3.05) is 0 Å². The first-order valence-corrected chi connectivity index (χ1v) is 3.53. The van der Waals surface area contributed by atoms with Crippen LogP contribution in [-0.2, 0) is 11.2 Å². The van der Waals surface area contributed by atoms with Gasteiger partial charge in [-0.05, 0) is 30.2 Å². The van der Waals surface area contributed by atoms with E-state index in [2.05, 4.69) is 0 Å². The lowest BCUT2D eigenvalue weighted by atomic mass is 10.1. The molecule has 0 bridgehead atoms. The van der Waals surface area contributed by atoms with E-state index in [1.807, 2.05) is 0 Å². The fraction of sp³-hybridized carbons (Fsp3) is 0.222. The Bertz CT molecular complexity index is 308. The molecule has 0 saturated carbocycles. The number of aryl methyl sites for hydroxylation is 1. The maximum absolute atomic E-state index is 12.9. The van der Waals surface area contributed by atoms with E-state index in [-0.39, 0.29) is 17.5 Å².